The molecule has 0 aliphatic rings. The Morgan fingerprint density at radius 1 is 1.18 bits per heavy atom. The Bertz CT molecular complexity index is 486. The topological polar surface area (TPSA) is 69.6 Å². The van der Waals surface area contributed by atoms with E-state index in [-0.39, 0.29) is 24.2 Å². The molecule has 1 rings (SSSR count). The lowest BCUT2D eigenvalue weighted by Crippen LogP contribution is -2.48. The molecular weight excluding hydrogens is 280 g/mol. The van der Waals surface area contributed by atoms with Crippen LogP contribution in [-0.2, 0) is 16.0 Å². The number of hydrogen-bond acceptors (Lipinski definition) is 3. The van der Waals surface area contributed by atoms with Crippen molar-refractivity contribution in [3.8, 4) is 0 Å². The molecule has 5 nitrogen and oxygen atoms in total. The van der Waals surface area contributed by atoms with E-state index in [1.165, 1.54) is 4.90 Å². The molecular formula is C17H26N2O3. The lowest BCUT2D eigenvalue weighted by Gasteiger charge is -2.23. The molecule has 0 aliphatic carbocycles. The lowest BCUT2D eigenvalue weighted by molar-refractivity contribution is -0.135. The number of rotatable bonds is 7. The Morgan fingerprint density at radius 3 is 2.27 bits per heavy atom. The highest BCUT2D eigenvalue weighted by atomic mass is 16.3. The van der Waals surface area contributed by atoms with E-state index in [1.54, 1.807) is 14.1 Å². The second-order valence-electron chi connectivity index (χ2n) is 6.06. The zero-order valence-corrected chi connectivity index (χ0v) is 13.7. The van der Waals surface area contributed by atoms with Gasteiger partial charge in [-0.25, -0.2) is 0 Å². The molecule has 2 N–H and O–H groups in total. The van der Waals surface area contributed by atoms with Crippen molar-refractivity contribution < 1.29 is 14.7 Å². The molecule has 0 bridgehead atoms. The average molecular weight is 306 g/mol. The first-order chi connectivity index (χ1) is 10.3. The highest BCUT2D eigenvalue weighted by Gasteiger charge is 2.24. The first kappa shape index (κ1) is 18.2. The third-order valence-electron chi connectivity index (χ3n) is 3.52. The second-order valence-corrected chi connectivity index (χ2v) is 6.06. The quantitative estimate of drug-likeness (QED) is 0.795. The smallest absolute Gasteiger partial charge is 0.244 e. The Morgan fingerprint density at radius 2 is 1.77 bits per heavy atom. The molecule has 0 spiro atoms. The minimum absolute atomic E-state index is 0.00266. The van der Waals surface area contributed by atoms with E-state index in [1.807, 2.05) is 44.2 Å². The predicted molar refractivity (Wildman–Crippen MR) is 86.2 cm³/mol. The molecule has 1 aromatic rings. The van der Waals surface area contributed by atoms with Crippen molar-refractivity contribution in [3.05, 3.63) is 35.9 Å². The maximum atomic E-state index is 12.3. The van der Waals surface area contributed by atoms with Gasteiger partial charge in [0.15, 0.2) is 0 Å². The minimum atomic E-state index is -0.702. The number of nitrogens with one attached hydrogen (secondary N) is 1. The Kier molecular flexibility index (Phi) is 7.05. The molecule has 122 valence electrons. The van der Waals surface area contributed by atoms with Crippen molar-refractivity contribution in [3.63, 3.8) is 0 Å². The van der Waals surface area contributed by atoms with Crippen LogP contribution in [0.15, 0.2) is 30.3 Å². The van der Waals surface area contributed by atoms with E-state index in [0.29, 0.717) is 6.42 Å². The number of nitrogens with zero attached hydrogens (tertiary/aromatic N) is 1. The van der Waals surface area contributed by atoms with Gasteiger partial charge in [-0.2, -0.15) is 0 Å². The summed E-state index contributed by atoms with van der Waals surface area (Å²) in [6.45, 7) is 3.70. The van der Waals surface area contributed by atoms with Crippen LogP contribution >= 0.6 is 0 Å². The van der Waals surface area contributed by atoms with Crippen molar-refractivity contribution >= 4 is 11.8 Å². The van der Waals surface area contributed by atoms with Crippen molar-refractivity contribution in [2.24, 2.45) is 5.92 Å². The van der Waals surface area contributed by atoms with Gasteiger partial charge in [0, 0.05) is 20.5 Å². The van der Waals surface area contributed by atoms with Gasteiger partial charge < -0.3 is 15.3 Å². The molecule has 2 atom stereocenters. The lowest BCUT2D eigenvalue weighted by atomic mass is 10.0. The Balaban J connectivity index is 2.74. The molecule has 2 unspecified atom stereocenters. The molecule has 22 heavy (non-hydrogen) atoms. The van der Waals surface area contributed by atoms with Crippen LogP contribution in [0.25, 0.3) is 0 Å². The van der Waals surface area contributed by atoms with E-state index in [9.17, 15) is 14.7 Å². The number of likely N-dealkylation sites (N-methyl/N-ethyl adjacent to an activating group) is 1. The van der Waals surface area contributed by atoms with E-state index < -0.39 is 12.1 Å². The van der Waals surface area contributed by atoms with Crippen LogP contribution in [0.2, 0.25) is 0 Å². The zero-order valence-electron chi connectivity index (χ0n) is 13.7. The summed E-state index contributed by atoms with van der Waals surface area (Å²) in [4.78, 5) is 25.8. The highest BCUT2D eigenvalue weighted by Crippen LogP contribution is 2.08. The largest absolute Gasteiger partial charge is 0.392 e. The molecule has 1 aromatic carbocycles. The van der Waals surface area contributed by atoms with Crippen molar-refractivity contribution in [2.75, 3.05) is 14.1 Å². The summed E-state index contributed by atoms with van der Waals surface area (Å²) in [6.07, 6.45) is -0.266. The number of aliphatic hydroxyl groups is 1. The summed E-state index contributed by atoms with van der Waals surface area (Å²) in [5, 5.41) is 12.5. The predicted octanol–water partition coefficient (Wildman–Crippen LogP) is 1.21. The molecule has 2 amide bonds. The molecule has 5 heteroatoms. The number of carbonyl (C=O) groups excluding carboxylic acids is 2. The van der Waals surface area contributed by atoms with Gasteiger partial charge in [-0.1, -0.05) is 44.2 Å². The molecule has 0 saturated carbocycles. The van der Waals surface area contributed by atoms with Gasteiger partial charge in [0.1, 0.15) is 6.04 Å². The fraction of sp³-hybridized carbons (Fsp3) is 0.529. The van der Waals surface area contributed by atoms with Crippen LogP contribution in [0.5, 0.6) is 0 Å². The maximum absolute atomic E-state index is 12.3. The number of amides is 2. The molecule has 0 aromatic heterocycles. The summed E-state index contributed by atoms with van der Waals surface area (Å²) in [7, 11) is 3.32. The summed E-state index contributed by atoms with van der Waals surface area (Å²) in [5.41, 5.74) is 0.979. The molecule has 0 saturated heterocycles. The van der Waals surface area contributed by atoms with Gasteiger partial charge in [0.05, 0.1) is 12.5 Å². The Hall–Kier alpha value is -1.88. The van der Waals surface area contributed by atoms with Crippen LogP contribution in [0.4, 0.5) is 0 Å². The maximum Gasteiger partial charge on any atom is 0.244 e. The Labute approximate surface area is 132 Å². The van der Waals surface area contributed by atoms with E-state index in [0.717, 1.165) is 5.56 Å². The van der Waals surface area contributed by atoms with Crippen LogP contribution in [0, 0.1) is 5.92 Å². The van der Waals surface area contributed by atoms with Crippen molar-refractivity contribution in [1.29, 1.82) is 0 Å². The van der Waals surface area contributed by atoms with Gasteiger partial charge in [-0.05, 0) is 11.5 Å². The van der Waals surface area contributed by atoms with Gasteiger partial charge in [-0.15, -0.1) is 0 Å². The third-order valence-corrected chi connectivity index (χ3v) is 3.52. The van der Waals surface area contributed by atoms with Crippen LogP contribution in [-0.4, -0.2) is 48.1 Å². The highest BCUT2D eigenvalue weighted by molar-refractivity contribution is 5.87. The summed E-state index contributed by atoms with van der Waals surface area (Å²) >= 11 is 0. The standard InChI is InChI=1S/C17H26N2O3/c1-12(2)15(20)11-16(21)18-14(17(22)19(3)4)10-13-8-6-5-7-9-13/h5-9,12,14-15,20H,10-11H2,1-4H3,(H,18,21). The van der Waals surface area contributed by atoms with E-state index >= 15 is 0 Å². The number of benzene rings is 1. The number of carbonyl (C=O) groups is 2. The monoisotopic (exact) mass is 306 g/mol. The molecule has 0 aliphatic heterocycles. The van der Waals surface area contributed by atoms with E-state index in [2.05, 4.69) is 5.32 Å². The SMILES string of the molecule is CC(C)C(O)CC(=O)NC(Cc1ccccc1)C(=O)N(C)C. The summed E-state index contributed by atoms with van der Waals surface area (Å²) in [5.74, 6) is -0.462. The summed E-state index contributed by atoms with van der Waals surface area (Å²) in [6, 6.07) is 8.93. The third kappa shape index (κ3) is 5.85. The van der Waals surface area contributed by atoms with Gasteiger partial charge in [-0.3, -0.25) is 9.59 Å². The van der Waals surface area contributed by atoms with Crippen LogP contribution < -0.4 is 5.32 Å². The number of hydrogen-bond donors (Lipinski definition) is 2. The van der Waals surface area contributed by atoms with E-state index in [4.69, 9.17) is 0 Å². The first-order valence-electron chi connectivity index (χ1n) is 7.53. The first-order valence-corrected chi connectivity index (χ1v) is 7.53. The average Bonchev–Trinajstić information content (AvgIpc) is 2.46. The van der Waals surface area contributed by atoms with Crippen LogP contribution in [0.3, 0.4) is 0 Å². The van der Waals surface area contributed by atoms with Gasteiger partial charge in [0.25, 0.3) is 0 Å². The molecule has 0 heterocycles. The van der Waals surface area contributed by atoms with Crippen molar-refractivity contribution in [2.45, 2.75) is 38.8 Å². The summed E-state index contributed by atoms with van der Waals surface area (Å²) < 4.78 is 0. The minimum Gasteiger partial charge on any atom is -0.392 e. The fourth-order valence-electron chi connectivity index (χ4n) is 2.04. The molecule has 0 fully saturated rings. The van der Waals surface area contributed by atoms with Gasteiger partial charge in [0.2, 0.25) is 11.8 Å². The zero-order chi connectivity index (χ0) is 16.7. The second kappa shape index (κ2) is 8.54. The van der Waals surface area contributed by atoms with Crippen LogP contribution in [0.1, 0.15) is 25.8 Å². The fourth-order valence-corrected chi connectivity index (χ4v) is 2.04. The normalized spacial score (nSPS) is 13.5. The van der Waals surface area contributed by atoms with Gasteiger partial charge >= 0.3 is 0 Å². The van der Waals surface area contributed by atoms with Crippen molar-refractivity contribution in [1.82, 2.24) is 10.2 Å². The molecule has 0 radical (unpaired) electrons. The number of aliphatic hydroxyl groups excluding tert-OH is 1.